The largest absolute Gasteiger partial charge is 0.392 e. The highest BCUT2D eigenvalue weighted by molar-refractivity contribution is 5.84. The molecule has 6 heteroatoms. The van der Waals surface area contributed by atoms with Gasteiger partial charge in [-0.2, -0.15) is 0 Å². The lowest BCUT2D eigenvalue weighted by Crippen LogP contribution is -2.47. The van der Waals surface area contributed by atoms with Crippen LogP contribution < -0.4 is 21.3 Å². The molecule has 6 nitrogen and oxygen atoms in total. The van der Waals surface area contributed by atoms with Gasteiger partial charge in [0.25, 0.3) is 0 Å². The van der Waals surface area contributed by atoms with Crippen LogP contribution in [0.3, 0.4) is 0 Å². The van der Waals surface area contributed by atoms with E-state index in [1.165, 1.54) is 57.5 Å². The van der Waals surface area contributed by atoms with Gasteiger partial charge in [-0.25, -0.2) is 0 Å². The van der Waals surface area contributed by atoms with Crippen molar-refractivity contribution < 1.29 is 9.84 Å². The molecule has 0 bridgehead atoms. The Morgan fingerprint density at radius 3 is 2.42 bits per heavy atom. The lowest BCUT2D eigenvalue weighted by molar-refractivity contribution is 0.00650. The normalized spacial score (nSPS) is 22.8. The van der Waals surface area contributed by atoms with Crippen LogP contribution in [0.2, 0.25) is 0 Å². The third-order valence-corrected chi connectivity index (χ3v) is 10.3. The van der Waals surface area contributed by atoms with Gasteiger partial charge in [-0.05, 0) is 102 Å². The summed E-state index contributed by atoms with van der Waals surface area (Å²) in [6, 6.07) is 29.3. The molecule has 0 spiro atoms. The van der Waals surface area contributed by atoms with E-state index in [2.05, 4.69) is 100 Å². The van der Waals surface area contributed by atoms with E-state index >= 15 is 0 Å². The number of aliphatic hydroxyl groups is 1. The lowest BCUT2D eigenvalue weighted by atomic mass is 9.81. The maximum atomic E-state index is 11.5. The number of nitrogens with one attached hydrogen (secondary N) is 4. The van der Waals surface area contributed by atoms with Gasteiger partial charge in [0.1, 0.15) is 0 Å². The molecule has 2 fully saturated rings. The van der Waals surface area contributed by atoms with Gasteiger partial charge < -0.3 is 31.1 Å². The molecule has 6 atom stereocenters. The Labute approximate surface area is 269 Å². The third-order valence-electron chi connectivity index (χ3n) is 10.3. The van der Waals surface area contributed by atoms with Crippen molar-refractivity contribution in [2.75, 3.05) is 53.4 Å². The van der Waals surface area contributed by atoms with E-state index in [4.69, 9.17) is 4.74 Å². The van der Waals surface area contributed by atoms with Crippen LogP contribution >= 0.6 is 0 Å². The van der Waals surface area contributed by atoms with E-state index in [1.807, 2.05) is 7.05 Å². The van der Waals surface area contributed by atoms with Crippen LogP contribution in [0.15, 0.2) is 78.9 Å². The van der Waals surface area contributed by atoms with Gasteiger partial charge in [-0.15, -0.1) is 0 Å². The predicted molar refractivity (Wildman–Crippen MR) is 187 cm³/mol. The van der Waals surface area contributed by atoms with Gasteiger partial charge in [0.05, 0.1) is 12.2 Å². The molecule has 0 amide bonds. The number of benzene rings is 4. The summed E-state index contributed by atoms with van der Waals surface area (Å²) in [5.41, 5.74) is 3.93. The van der Waals surface area contributed by atoms with Crippen molar-refractivity contribution in [1.29, 1.82) is 0 Å². The second kappa shape index (κ2) is 15.6. The smallest absolute Gasteiger partial charge is 0.0699 e. The first-order valence-corrected chi connectivity index (χ1v) is 17.1. The van der Waals surface area contributed by atoms with E-state index in [0.717, 1.165) is 58.2 Å². The van der Waals surface area contributed by atoms with Gasteiger partial charge in [0.15, 0.2) is 0 Å². The van der Waals surface area contributed by atoms with Gasteiger partial charge >= 0.3 is 0 Å². The molecule has 45 heavy (non-hydrogen) atoms. The summed E-state index contributed by atoms with van der Waals surface area (Å²) in [6.07, 6.45) is 4.41. The minimum Gasteiger partial charge on any atom is -0.392 e. The summed E-state index contributed by atoms with van der Waals surface area (Å²) in [5.74, 6) is 1.40. The van der Waals surface area contributed by atoms with Crippen LogP contribution in [0, 0.1) is 11.8 Å². The van der Waals surface area contributed by atoms with E-state index in [1.54, 1.807) is 7.11 Å². The van der Waals surface area contributed by atoms with Crippen molar-refractivity contribution in [2.45, 2.75) is 56.3 Å². The van der Waals surface area contributed by atoms with E-state index in [-0.39, 0.29) is 17.9 Å². The molecule has 2 heterocycles. The van der Waals surface area contributed by atoms with E-state index < -0.39 is 6.10 Å². The van der Waals surface area contributed by atoms with Crippen molar-refractivity contribution in [2.24, 2.45) is 11.8 Å². The number of hydrogen-bond donors (Lipinski definition) is 5. The second-order valence-electron chi connectivity index (χ2n) is 13.5. The quantitative estimate of drug-likeness (QED) is 0.137. The number of likely N-dealkylation sites (N-methyl/N-ethyl adjacent to an activating group) is 1. The maximum absolute atomic E-state index is 11.5. The highest BCUT2D eigenvalue weighted by Crippen LogP contribution is 2.32. The predicted octanol–water partition coefficient (Wildman–Crippen LogP) is 5.54. The molecule has 240 valence electrons. The first-order valence-electron chi connectivity index (χ1n) is 17.1. The highest BCUT2D eigenvalue weighted by atomic mass is 16.5. The summed E-state index contributed by atoms with van der Waals surface area (Å²) < 4.78 is 5.60. The molecular formula is C39H52N4O2. The number of piperidine rings is 2. The number of ether oxygens (including phenoxy) is 1. The maximum Gasteiger partial charge on any atom is 0.0699 e. The van der Waals surface area contributed by atoms with Crippen molar-refractivity contribution in [3.63, 3.8) is 0 Å². The number of fused-ring (bicyclic) bond motifs is 2. The Morgan fingerprint density at radius 2 is 1.60 bits per heavy atom. The number of hydrogen-bond acceptors (Lipinski definition) is 6. The lowest BCUT2D eigenvalue weighted by Gasteiger charge is -2.36. The average molecular weight is 609 g/mol. The highest BCUT2D eigenvalue weighted by Gasteiger charge is 2.33. The average Bonchev–Trinajstić information content (AvgIpc) is 3.10. The molecule has 0 saturated carbocycles. The van der Waals surface area contributed by atoms with Crippen LogP contribution in [0.4, 0.5) is 0 Å². The molecule has 4 aromatic carbocycles. The van der Waals surface area contributed by atoms with Gasteiger partial charge in [-0.3, -0.25) is 0 Å². The summed E-state index contributed by atoms with van der Waals surface area (Å²) in [7, 11) is 3.73. The number of aliphatic hydroxyl groups excluding tert-OH is 1. The van der Waals surface area contributed by atoms with Crippen LogP contribution in [-0.4, -0.2) is 70.7 Å². The van der Waals surface area contributed by atoms with Crippen molar-refractivity contribution >= 4 is 21.5 Å². The standard InChI is InChI=1S/C39H52N4O2/c1-40-26-38(39(44)36-20-37(45-2)25-43-24-36)34-14-13-31-16-28(9-10-32(31)19-34)22-42-23-35(17-27-6-5-15-41-21-27)33-12-11-29-7-3-4-8-30(29)18-33/h3-4,7-14,16,18-19,27,35-44H,5-6,15,17,20-26H2,1-2H3/t27?,35?,36?,37?,38-,39-/m0/s1. The minimum atomic E-state index is -0.441. The Bertz CT molecular complexity index is 1520. The summed E-state index contributed by atoms with van der Waals surface area (Å²) in [4.78, 5) is 0. The fraction of sp³-hybridized carbons (Fsp3) is 0.487. The summed E-state index contributed by atoms with van der Waals surface area (Å²) >= 11 is 0. The topological polar surface area (TPSA) is 77.6 Å². The molecule has 0 aromatic heterocycles. The Hall–Kier alpha value is -2.84. The minimum absolute atomic E-state index is 0.0227. The molecule has 4 aromatic rings. The van der Waals surface area contributed by atoms with E-state index in [9.17, 15) is 5.11 Å². The first-order chi connectivity index (χ1) is 22.1. The van der Waals surface area contributed by atoms with Crippen molar-refractivity contribution in [3.05, 3.63) is 95.6 Å². The van der Waals surface area contributed by atoms with Crippen molar-refractivity contribution in [1.82, 2.24) is 21.3 Å². The zero-order chi connectivity index (χ0) is 31.0. The second-order valence-corrected chi connectivity index (χ2v) is 13.5. The molecule has 2 saturated heterocycles. The molecule has 0 aliphatic carbocycles. The Balaban J connectivity index is 1.13. The zero-order valence-electron chi connectivity index (χ0n) is 27.1. The zero-order valence-corrected chi connectivity index (χ0v) is 27.1. The van der Waals surface area contributed by atoms with Gasteiger partial charge in [-0.1, -0.05) is 72.8 Å². The molecule has 0 radical (unpaired) electrons. The van der Waals surface area contributed by atoms with Crippen LogP contribution in [-0.2, 0) is 11.3 Å². The van der Waals surface area contributed by atoms with Crippen LogP contribution in [0.1, 0.15) is 54.2 Å². The van der Waals surface area contributed by atoms with E-state index in [0.29, 0.717) is 5.92 Å². The van der Waals surface area contributed by atoms with Crippen LogP contribution in [0.5, 0.6) is 0 Å². The molecular weight excluding hydrogens is 556 g/mol. The van der Waals surface area contributed by atoms with Crippen LogP contribution in [0.25, 0.3) is 21.5 Å². The summed E-state index contributed by atoms with van der Waals surface area (Å²) in [6.45, 7) is 6.52. The molecule has 4 unspecified atom stereocenters. The van der Waals surface area contributed by atoms with Gasteiger partial charge in [0.2, 0.25) is 0 Å². The first kappa shape index (κ1) is 32.1. The number of rotatable bonds is 13. The molecule has 6 rings (SSSR count). The SMILES string of the molecule is CNC[C@@H](c1ccc2cc(CNCC(CC3CCCNC3)c3ccc4ccccc4c3)ccc2c1)[C@@H](O)C1CNCC(OC)C1. The molecule has 5 N–H and O–H groups in total. The Kier molecular flexibility index (Phi) is 11.2. The Morgan fingerprint density at radius 1 is 0.844 bits per heavy atom. The fourth-order valence-corrected chi connectivity index (χ4v) is 7.73. The monoisotopic (exact) mass is 608 g/mol. The molecule has 2 aliphatic heterocycles. The summed E-state index contributed by atoms with van der Waals surface area (Å²) in [5, 5.41) is 30.8. The third kappa shape index (κ3) is 8.12. The van der Waals surface area contributed by atoms with Crippen molar-refractivity contribution in [3.8, 4) is 0 Å². The van der Waals surface area contributed by atoms with Gasteiger partial charge in [0, 0.05) is 51.7 Å². The fourth-order valence-electron chi connectivity index (χ4n) is 7.73. The number of methoxy groups -OCH3 is 1. The molecule has 2 aliphatic rings.